The van der Waals surface area contributed by atoms with Gasteiger partial charge in [-0.1, -0.05) is 18.2 Å². The van der Waals surface area contributed by atoms with Gasteiger partial charge in [-0.3, -0.25) is 4.90 Å². The highest BCUT2D eigenvalue weighted by atomic mass is 32.2. The Bertz CT molecular complexity index is 526. The normalized spacial score (nSPS) is 13.8. The Morgan fingerprint density at radius 1 is 1.27 bits per heavy atom. The molecule has 1 aromatic rings. The molecule has 0 heterocycles. The number of hydrogen-bond acceptors (Lipinski definition) is 2. The summed E-state index contributed by atoms with van der Waals surface area (Å²) in [6, 6.07) is 4.28. The fraction of sp³-hybridized carbons (Fsp3) is 0.533. The molecule has 0 saturated heterocycles. The summed E-state index contributed by atoms with van der Waals surface area (Å²) >= 11 is 1.31. The number of halogens is 3. The van der Waals surface area contributed by atoms with Gasteiger partial charge in [-0.2, -0.15) is 24.9 Å². The molecular weight excluding hydrogens is 315 g/mol. The summed E-state index contributed by atoms with van der Waals surface area (Å²) in [5, 5.41) is 9.50. The standard InChI is InChI=1S/C15H20F3NO2S/c1-14(2,3)19(13(20)21)12(9-22-4)10-7-5-6-8-11(10)15(16,17)18/h5-8,12H,9H2,1-4H3,(H,20,21). The lowest BCUT2D eigenvalue weighted by Gasteiger charge is -2.40. The maximum Gasteiger partial charge on any atom is 0.416 e. The SMILES string of the molecule is CSCC(c1ccccc1C(F)(F)F)N(C(=O)O)C(C)(C)C. The number of rotatable bonds is 4. The van der Waals surface area contributed by atoms with Crippen molar-refractivity contribution in [3.63, 3.8) is 0 Å². The van der Waals surface area contributed by atoms with Crippen LogP contribution in [0.15, 0.2) is 24.3 Å². The van der Waals surface area contributed by atoms with E-state index in [1.165, 1.54) is 30.0 Å². The first-order valence-corrected chi connectivity index (χ1v) is 8.07. The third-order valence-electron chi connectivity index (χ3n) is 3.19. The van der Waals surface area contributed by atoms with Gasteiger partial charge in [0, 0.05) is 11.3 Å². The van der Waals surface area contributed by atoms with Gasteiger partial charge in [0.15, 0.2) is 0 Å². The summed E-state index contributed by atoms with van der Waals surface area (Å²) in [6.07, 6.45) is -4.01. The highest BCUT2D eigenvalue weighted by Gasteiger charge is 2.40. The molecule has 0 aliphatic heterocycles. The predicted octanol–water partition coefficient (Wildman–Crippen LogP) is 4.89. The lowest BCUT2D eigenvalue weighted by atomic mass is 9.95. The van der Waals surface area contributed by atoms with Crippen molar-refractivity contribution in [2.75, 3.05) is 12.0 Å². The maximum atomic E-state index is 13.2. The lowest BCUT2D eigenvalue weighted by Crippen LogP contribution is -2.48. The van der Waals surface area contributed by atoms with E-state index < -0.39 is 29.4 Å². The monoisotopic (exact) mass is 335 g/mol. The quantitative estimate of drug-likeness (QED) is 0.852. The van der Waals surface area contributed by atoms with E-state index in [2.05, 4.69) is 0 Å². The molecule has 1 unspecified atom stereocenters. The van der Waals surface area contributed by atoms with Crippen LogP contribution < -0.4 is 0 Å². The van der Waals surface area contributed by atoms with Crippen LogP contribution in [-0.2, 0) is 6.18 Å². The number of nitrogens with zero attached hydrogens (tertiary/aromatic N) is 1. The summed E-state index contributed by atoms with van der Waals surface area (Å²) in [4.78, 5) is 12.7. The van der Waals surface area contributed by atoms with Crippen molar-refractivity contribution >= 4 is 17.9 Å². The summed E-state index contributed by atoms with van der Waals surface area (Å²) in [5.41, 5.74) is -1.61. The zero-order valence-electron chi connectivity index (χ0n) is 12.9. The Kier molecular flexibility index (Phi) is 5.78. The molecule has 0 aliphatic rings. The minimum Gasteiger partial charge on any atom is -0.465 e. The number of amides is 1. The van der Waals surface area contributed by atoms with Crippen molar-refractivity contribution < 1.29 is 23.1 Å². The Morgan fingerprint density at radius 2 is 1.82 bits per heavy atom. The molecule has 7 heteroatoms. The van der Waals surface area contributed by atoms with Gasteiger partial charge in [-0.05, 0) is 38.7 Å². The molecule has 0 saturated carbocycles. The third kappa shape index (κ3) is 4.32. The molecule has 1 aromatic carbocycles. The van der Waals surface area contributed by atoms with Crippen LogP contribution in [0.1, 0.15) is 37.9 Å². The second kappa shape index (κ2) is 6.81. The van der Waals surface area contributed by atoms with Gasteiger partial charge in [-0.15, -0.1) is 0 Å². The Hall–Kier alpha value is -1.37. The first-order chi connectivity index (χ1) is 10.00. The van der Waals surface area contributed by atoms with Crippen LogP contribution in [0.3, 0.4) is 0 Å². The molecule has 124 valence electrons. The van der Waals surface area contributed by atoms with Crippen LogP contribution in [0, 0.1) is 0 Å². The van der Waals surface area contributed by atoms with Crippen molar-refractivity contribution in [3.05, 3.63) is 35.4 Å². The molecule has 22 heavy (non-hydrogen) atoms. The molecule has 1 N–H and O–H groups in total. The van der Waals surface area contributed by atoms with Crippen LogP contribution in [-0.4, -0.2) is 33.6 Å². The fourth-order valence-electron chi connectivity index (χ4n) is 2.39. The molecule has 0 aliphatic carbocycles. The molecule has 0 bridgehead atoms. The topological polar surface area (TPSA) is 40.5 Å². The minimum atomic E-state index is -4.52. The lowest BCUT2D eigenvalue weighted by molar-refractivity contribution is -0.138. The van der Waals surface area contributed by atoms with E-state index in [1.807, 2.05) is 0 Å². The predicted molar refractivity (Wildman–Crippen MR) is 82.2 cm³/mol. The van der Waals surface area contributed by atoms with Crippen molar-refractivity contribution in [1.29, 1.82) is 0 Å². The van der Waals surface area contributed by atoms with Gasteiger partial charge >= 0.3 is 12.3 Å². The van der Waals surface area contributed by atoms with E-state index in [0.29, 0.717) is 0 Å². The highest BCUT2D eigenvalue weighted by Crippen LogP contribution is 2.39. The van der Waals surface area contributed by atoms with E-state index in [4.69, 9.17) is 0 Å². The van der Waals surface area contributed by atoms with E-state index >= 15 is 0 Å². The van der Waals surface area contributed by atoms with Crippen LogP contribution in [0.2, 0.25) is 0 Å². The summed E-state index contributed by atoms with van der Waals surface area (Å²) < 4.78 is 39.7. The summed E-state index contributed by atoms with van der Waals surface area (Å²) in [6.45, 7) is 5.01. The number of hydrogen-bond donors (Lipinski definition) is 1. The second-order valence-corrected chi connectivity index (χ2v) is 6.79. The van der Waals surface area contributed by atoms with E-state index in [0.717, 1.165) is 11.0 Å². The first kappa shape index (κ1) is 18.7. The van der Waals surface area contributed by atoms with Crippen LogP contribution in [0.4, 0.5) is 18.0 Å². The van der Waals surface area contributed by atoms with Crippen molar-refractivity contribution in [2.24, 2.45) is 0 Å². The van der Waals surface area contributed by atoms with Gasteiger partial charge in [0.1, 0.15) is 0 Å². The number of carbonyl (C=O) groups is 1. The van der Waals surface area contributed by atoms with Gasteiger partial charge < -0.3 is 5.11 Å². The van der Waals surface area contributed by atoms with Gasteiger partial charge in [0.25, 0.3) is 0 Å². The highest BCUT2D eigenvalue weighted by molar-refractivity contribution is 7.98. The molecule has 1 amide bonds. The maximum absolute atomic E-state index is 13.2. The second-order valence-electron chi connectivity index (χ2n) is 5.88. The third-order valence-corrected chi connectivity index (χ3v) is 3.84. The molecule has 3 nitrogen and oxygen atoms in total. The van der Waals surface area contributed by atoms with Crippen LogP contribution >= 0.6 is 11.8 Å². The zero-order chi connectivity index (χ0) is 17.1. The minimum absolute atomic E-state index is 0.0123. The molecule has 0 spiro atoms. The van der Waals surface area contributed by atoms with Gasteiger partial charge in [0.05, 0.1) is 11.6 Å². The summed E-state index contributed by atoms with van der Waals surface area (Å²) in [5.74, 6) is 0.247. The van der Waals surface area contributed by atoms with Gasteiger partial charge in [0.2, 0.25) is 0 Å². The zero-order valence-corrected chi connectivity index (χ0v) is 13.8. The summed E-state index contributed by atoms with van der Waals surface area (Å²) in [7, 11) is 0. The largest absolute Gasteiger partial charge is 0.465 e. The molecule has 1 atom stereocenters. The molecule has 1 rings (SSSR count). The number of benzene rings is 1. The van der Waals surface area contributed by atoms with Crippen molar-refractivity contribution in [2.45, 2.75) is 38.5 Å². The molecule has 0 radical (unpaired) electrons. The number of thioether (sulfide) groups is 1. The Labute approximate surface area is 132 Å². The van der Waals surface area contributed by atoms with Crippen LogP contribution in [0.5, 0.6) is 0 Å². The van der Waals surface area contributed by atoms with E-state index in [-0.39, 0.29) is 11.3 Å². The van der Waals surface area contributed by atoms with Gasteiger partial charge in [-0.25, -0.2) is 4.79 Å². The molecule has 0 fully saturated rings. The van der Waals surface area contributed by atoms with Crippen LogP contribution in [0.25, 0.3) is 0 Å². The average molecular weight is 335 g/mol. The average Bonchev–Trinajstić information content (AvgIpc) is 2.35. The van der Waals surface area contributed by atoms with E-state index in [9.17, 15) is 23.1 Å². The number of alkyl halides is 3. The van der Waals surface area contributed by atoms with Crippen molar-refractivity contribution in [3.8, 4) is 0 Å². The Morgan fingerprint density at radius 3 is 2.23 bits per heavy atom. The smallest absolute Gasteiger partial charge is 0.416 e. The fourth-order valence-corrected chi connectivity index (χ4v) is 3.04. The first-order valence-electron chi connectivity index (χ1n) is 6.67. The molecule has 0 aromatic heterocycles. The Balaban J connectivity index is 3.47. The molecular formula is C15H20F3NO2S. The van der Waals surface area contributed by atoms with E-state index in [1.54, 1.807) is 27.0 Å². The van der Waals surface area contributed by atoms with Crippen molar-refractivity contribution in [1.82, 2.24) is 4.90 Å². The number of carboxylic acid groups (broad SMARTS) is 1.